The summed E-state index contributed by atoms with van der Waals surface area (Å²) in [6, 6.07) is 6.02. The molecule has 1 aromatic rings. The Morgan fingerprint density at radius 2 is 2.04 bits per heavy atom. The number of amides is 1. The Kier molecular flexibility index (Phi) is 4.79. The third-order valence-electron chi connectivity index (χ3n) is 4.63. The Morgan fingerprint density at radius 1 is 1.22 bits per heavy atom. The smallest absolute Gasteiger partial charge is 0.310 e. The number of carbonyl (C=O) groups is 2. The van der Waals surface area contributed by atoms with E-state index in [1.807, 2.05) is 18.2 Å². The zero-order valence-corrected chi connectivity index (χ0v) is 13.5. The average molecular weight is 313 g/mol. The number of rotatable bonds is 4. The van der Waals surface area contributed by atoms with Gasteiger partial charge in [0.2, 0.25) is 0 Å². The van der Waals surface area contributed by atoms with Crippen molar-refractivity contribution < 1.29 is 14.3 Å². The van der Waals surface area contributed by atoms with Gasteiger partial charge in [-0.05, 0) is 68.7 Å². The Balaban J connectivity index is 1.55. The maximum atomic E-state index is 12.2. The summed E-state index contributed by atoms with van der Waals surface area (Å²) < 4.78 is 5.33. The van der Waals surface area contributed by atoms with Crippen molar-refractivity contribution in [2.45, 2.75) is 51.6 Å². The van der Waals surface area contributed by atoms with Gasteiger partial charge >= 0.3 is 5.97 Å². The molecule has 0 aromatic heterocycles. The normalized spacial score (nSPS) is 20.7. The van der Waals surface area contributed by atoms with Crippen LogP contribution in [0.3, 0.4) is 0 Å². The van der Waals surface area contributed by atoms with Crippen LogP contribution in [0, 0.1) is 5.92 Å². The molecule has 1 N–H and O–H groups in total. The predicted octanol–water partition coefficient (Wildman–Crippen LogP) is 3.40. The summed E-state index contributed by atoms with van der Waals surface area (Å²) in [5, 5.41) is 2.85. The summed E-state index contributed by atoms with van der Waals surface area (Å²) in [5.41, 5.74) is 3.45. The van der Waals surface area contributed by atoms with Gasteiger partial charge in [-0.3, -0.25) is 9.59 Å². The molecule has 0 saturated heterocycles. The molecule has 1 aromatic carbocycles. The highest BCUT2D eigenvalue weighted by Crippen LogP contribution is 2.25. The van der Waals surface area contributed by atoms with Gasteiger partial charge in [-0.1, -0.05) is 18.2 Å². The Bertz CT molecular complexity index is 636. The molecule has 0 heterocycles. The van der Waals surface area contributed by atoms with Gasteiger partial charge in [-0.25, -0.2) is 0 Å². The van der Waals surface area contributed by atoms with Crippen LogP contribution >= 0.6 is 0 Å². The molecule has 0 spiro atoms. The number of hydrogen-bond donors (Lipinski definition) is 1. The van der Waals surface area contributed by atoms with Crippen molar-refractivity contribution >= 4 is 17.6 Å². The highest BCUT2D eigenvalue weighted by atomic mass is 16.5. The van der Waals surface area contributed by atoms with Crippen LogP contribution in [-0.2, 0) is 27.2 Å². The number of nitrogens with one attached hydrogen (secondary N) is 1. The van der Waals surface area contributed by atoms with Crippen LogP contribution in [0.25, 0.3) is 0 Å². The highest BCUT2D eigenvalue weighted by molar-refractivity contribution is 5.95. The van der Waals surface area contributed by atoms with Crippen LogP contribution in [0.2, 0.25) is 0 Å². The second-order valence-electron chi connectivity index (χ2n) is 6.39. The number of ether oxygens (including phenoxy) is 1. The maximum absolute atomic E-state index is 12.2. The molecule has 0 unspecified atom stereocenters. The van der Waals surface area contributed by atoms with E-state index in [4.69, 9.17) is 4.74 Å². The van der Waals surface area contributed by atoms with Crippen molar-refractivity contribution in [3.63, 3.8) is 0 Å². The summed E-state index contributed by atoms with van der Waals surface area (Å²) in [7, 11) is 0. The van der Waals surface area contributed by atoms with Gasteiger partial charge in [-0.15, -0.1) is 0 Å². The molecule has 2 aliphatic rings. The Hall–Kier alpha value is -2.10. The molecule has 0 bridgehead atoms. The summed E-state index contributed by atoms with van der Waals surface area (Å²) in [5.74, 6) is -0.663. The van der Waals surface area contributed by atoms with Gasteiger partial charge in [0.25, 0.3) is 5.91 Å². The lowest BCUT2D eigenvalue weighted by Crippen LogP contribution is -2.32. The van der Waals surface area contributed by atoms with E-state index in [0.29, 0.717) is 6.42 Å². The first kappa shape index (κ1) is 15.8. The van der Waals surface area contributed by atoms with E-state index < -0.39 is 6.10 Å². The SMILES string of the molecule is C[C@H](OC(=O)[C@H]1CC=CCC1)C(=O)Nc1ccc2c(c1)CCC2. The standard InChI is InChI=1S/C19H23NO3/c1-13(23-19(22)15-6-3-2-4-7-15)18(21)20-17-11-10-14-8-5-9-16(14)12-17/h2-3,10-13,15H,4-9H2,1H3,(H,20,21)/t13-,15-/m0/s1. The van der Waals surface area contributed by atoms with Crippen molar-refractivity contribution in [1.82, 2.24) is 0 Å². The number of carbonyl (C=O) groups excluding carboxylic acids is 2. The topological polar surface area (TPSA) is 55.4 Å². The van der Waals surface area contributed by atoms with E-state index in [2.05, 4.69) is 17.5 Å². The lowest BCUT2D eigenvalue weighted by atomic mass is 9.95. The van der Waals surface area contributed by atoms with Crippen LogP contribution in [-0.4, -0.2) is 18.0 Å². The number of benzene rings is 1. The van der Waals surface area contributed by atoms with E-state index in [1.165, 1.54) is 17.5 Å². The third kappa shape index (κ3) is 3.81. The molecule has 2 atom stereocenters. The zero-order chi connectivity index (χ0) is 16.2. The second-order valence-corrected chi connectivity index (χ2v) is 6.39. The minimum Gasteiger partial charge on any atom is -0.452 e. The molecule has 1 amide bonds. The molecule has 4 nitrogen and oxygen atoms in total. The fourth-order valence-electron chi connectivity index (χ4n) is 3.23. The average Bonchev–Trinajstić information content (AvgIpc) is 3.03. The quantitative estimate of drug-likeness (QED) is 0.684. The van der Waals surface area contributed by atoms with Crippen molar-refractivity contribution in [2.75, 3.05) is 5.32 Å². The van der Waals surface area contributed by atoms with E-state index in [-0.39, 0.29) is 17.8 Å². The number of esters is 1. The summed E-state index contributed by atoms with van der Waals surface area (Å²) in [6.07, 6.45) is 9.07. The van der Waals surface area contributed by atoms with Crippen LogP contribution in [0.5, 0.6) is 0 Å². The van der Waals surface area contributed by atoms with Gasteiger partial charge in [0.15, 0.2) is 6.10 Å². The minimum atomic E-state index is -0.776. The number of anilines is 1. The van der Waals surface area contributed by atoms with Gasteiger partial charge in [0.1, 0.15) is 0 Å². The van der Waals surface area contributed by atoms with Gasteiger partial charge in [-0.2, -0.15) is 0 Å². The molecule has 0 radical (unpaired) electrons. The molecule has 122 valence electrons. The molecular formula is C19H23NO3. The molecule has 2 aliphatic carbocycles. The zero-order valence-electron chi connectivity index (χ0n) is 13.5. The second kappa shape index (κ2) is 6.99. The number of fused-ring (bicyclic) bond motifs is 1. The van der Waals surface area contributed by atoms with E-state index in [9.17, 15) is 9.59 Å². The van der Waals surface area contributed by atoms with Crippen molar-refractivity contribution in [1.29, 1.82) is 0 Å². The third-order valence-corrected chi connectivity index (χ3v) is 4.63. The molecule has 4 heteroatoms. The summed E-state index contributed by atoms with van der Waals surface area (Å²) in [4.78, 5) is 24.3. The van der Waals surface area contributed by atoms with Gasteiger partial charge in [0.05, 0.1) is 5.92 Å². The van der Waals surface area contributed by atoms with Gasteiger partial charge < -0.3 is 10.1 Å². The van der Waals surface area contributed by atoms with E-state index >= 15 is 0 Å². The molecule has 0 aliphatic heterocycles. The van der Waals surface area contributed by atoms with Crippen LogP contribution in [0.1, 0.15) is 43.7 Å². The molecule has 23 heavy (non-hydrogen) atoms. The van der Waals surface area contributed by atoms with Crippen LogP contribution in [0.15, 0.2) is 30.4 Å². The van der Waals surface area contributed by atoms with Crippen LogP contribution in [0.4, 0.5) is 5.69 Å². The molecule has 0 fully saturated rings. The van der Waals surface area contributed by atoms with Gasteiger partial charge in [0, 0.05) is 5.69 Å². The van der Waals surface area contributed by atoms with Crippen molar-refractivity contribution in [3.05, 3.63) is 41.5 Å². The minimum absolute atomic E-state index is 0.116. The number of hydrogen-bond acceptors (Lipinski definition) is 3. The van der Waals surface area contributed by atoms with Crippen molar-refractivity contribution in [3.8, 4) is 0 Å². The lowest BCUT2D eigenvalue weighted by molar-refractivity contribution is -0.157. The molecule has 0 saturated carbocycles. The first-order valence-electron chi connectivity index (χ1n) is 8.41. The van der Waals surface area contributed by atoms with E-state index in [0.717, 1.165) is 31.4 Å². The fourth-order valence-corrected chi connectivity index (χ4v) is 3.23. The fraction of sp³-hybridized carbons (Fsp3) is 0.474. The number of aryl methyl sites for hydroxylation is 2. The summed E-state index contributed by atoms with van der Waals surface area (Å²) in [6.45, 7) is 1.62. The maximum Gasteiger partial charge on any atom is 0.310 e. The highest BCUT2D eigenvalue weighted by Gasteiger charge is 2.25. The first-order chi connectivity index (χ1) is 11.1. The first-order valence-corrected chi connectivity index (χ1v) is 8.41. The van der Waals surface area contributed by atoms with E-state index in [1.54, 1.807) is 6.92 Å². The number of allylic oxidation sites excluding steroid dienone is 2. The predicted molar refractivity (Wildman–Crippen MR) is 89.1 cm³/mol. The Labute approximate surface area is 136 Å². The monoisotopic (exact) mass is 313 g/mol. The largest absolute Gasteiger partial charge is 0.452 e. The van der Waals surface area contributed by atoms with Crippen LogP contribution < -0.4 is 5.32 Å². The molecular weight excluding hydrogens is 290 g/mol. The van der Waals surface area contributed by atoms with Crippen molar-refractivity contribution in [2.24, 2.45) is 5.92 Å². The molecule has 3 rings (SSSR count). The summed E-state index contributed by atoms with van der Waals surface area (Å²) >= 11 is 0. The lowest BCUT2D eigenvalue weighted by Gasteiger charge is -2.19. The Morgan fingerprint density at radius 3 is 2.83 bits per heavy atom.